The van der Waals surface area contributed by atoms with Crippen molar-refractivity contribution in [2.45, 2.75) is 38.4 Å². The average molecular weight is 393 g/mol. The number of carbonyl (C=O) groups excluding carboxylic acids is 1. The second-order valence-electron chi connectivity index (χ2n) is 7.60. The molecular weight excluding hydrogens is 373 g/mol. The molecule has 0 radical (unpaired) electrons. The highest BCUT2D eigenvalue weighted by atomic mass is 19.1. The Morgan fingerprint density at radius 1 is 1.24 bits per heavy atom. The van der Waals surface area contributed by atoms with Crippen molar-refractivity contribution in [2.75, 3.05) is 0 Å². The Kier molecular flexibility index (Phi) is 4.79. The van der Waals surface area contributed by atoms with Crippen LogP contribution in [0.4, 0.5) is 4.39 Å². The first-order chi connectivity index (χ1) is 13.8. The molecule has 4 rings (SSSR count). The number of aromatic nitrogens is 4. The van der Waals surface area contributed by atoms with Gasteiger partial charge in [0, 0.05) is 35.7 Å². The molecule has 29 heavy (non-hydrogen) atoms. The summed E-state index contributed by atoms with van der Waals surface area (Å²) in [7, 11) is 0. The van der Waals surface area contributed by atoms with Gasteiger partial charge in [-0.2, -0.15) is 0 Å². The van der Waals surface area contributed by atoms with Crippen molar-refractivity contribution in [3.63, 3.8) is 0 Å². The fourth-order valence-corrected chi connectivity index (χ4v) is 3.54. The van der Waals surface area contributed by atoms with Crippen LogP contribution in [0.5, 0.6) is 0 Å². The molecule has 0 amide bonds. The largest absolute Gasteiger partial charge is 0.294 e. The first-order valence-electron chi connectivity index (χ1n) is 9.27. The van der Waals surface area contributed by atoms with Gasteiger partial charge in [0.1, 0.15) is 18.0 Å². The number of Topliss-reactive ketones (excluding diaryl/α,β-unsaturated/α-hetero) is 1. The molecule has 0 spiro atoms. The van der Waals surface area contributed by atoms with Gasteiger partial charge in [-0.25, -0.2) is 19.3 Å². The lowest BCUT2D eigenvalue weighted by Crippen LogP contribution is -2.54. The first-order valence-corrected chi connectivity index (χ1v) is 9.27. The van der Waals surface area contributed by atoms with Crippen LogP contribution in [-0.4, -0.2) is 30.8 Å². The van der Waals surface area contributed by atoms with Crippen LogP contribution >= 0.6 is 0 Å². The summed E-state index contributed by atoms with van der Waals surface area (Å²) in [5, 5.41) is 3.32. The normalized spacial score (nSPS) is 17.6. The van der Waals surface area contributed by atoms with Crippen LogP contribution in [0, 0.1) is 5.82 Å². The summed E-state index contributed by atoms with van der Waals surface area (Å²) >= 11 is 0. The molecule has 1 aliphatic heterocycles. The third kappa shape index (κ3) is 3.71. The molecule has 0 aliphatic carbocycles. The van der Waals surface area contributed by atoms with Gasteiger partial charge in [-0.1, -0.05) is 0 Å². The average Bonchev–Trinajstić information content (AvgIpc) is 2.71. The first kappa shape index (κ1) is 19.1. The highest BCUT2D eigenvalue weighted by Crippen LogP contribution is 2.34. The quantitative estimate of drug-likeness (QED) is 0.685. The molecule has 2 aromatic heterocycles. The lowest BCUT2D eigenvalue weighted by Gasteiger charge is -2.40. The van der Waals surface area contributed by atoms with Gasteiger partial charge in [-0.3, -0.25) is 19.5 Å². The van der Waals surface area contributed by atoms with Crippen LogP contribution in [0.3, 0.4) is 0 Å². The van der Waals surface area contributed by atoms with Crippen molar-refractivity contribution in [1.82, 2.24) is 24.8 Å². The van der Waals surface area contributed by atoms with Gasteiger partial charge in [0.25, 0.3) is 5.56 Å². The van der Waals surface area contributed by atoms with Crippen molar-refractivity contribution in [1.29, 1.82) is 0 Å². The van der Waals surface area contributed by atoms with Gasteiger partial charge < -0.3 is 0 Å². The zero-order valence-electron chi connectivity index (χ0n) is 16.1. The summed E-state index contributed by atoms with van der Waals surface area (Å²) in [5.41, 5.74) is 0.722. The smallest absolute Gasteiger partial charge is 0.255 e. The number of ketones is 1. The summed E-state index contributed by atoms with van der Waals surface area (Å²) in [4.78, 5) is 38.4. The van der Waals surface area contributed by atoms with Crippen LogP contribution < -0.4 is 10.9 Å². The topological polar surface area (TPSA) is 89.8 Å². The van der Waals surface area contributed by atoms with E-state index in [1.54, 1.807) is 16.8 Å². The fraction of sp³-hybridized carbons (Fsp3) is 0.286. The minimum atomic E-state index is -0.473. The predicted octanol–water partition coefficient (Wildman–Crippen LogP) is 2.54. The Morgan fingerprint density at radius 2 is 2.00 bits per heavy atom. The van der Waals surface area contributed by atoms with Crippen LogP contribution in [-0.2, 0) is 6.67 Å². The van der Waals surface area contributed by atoms with E-state index in [2.05, 4.69) is 15.3 Å². The number of nitrogens with one attached hydrogen (secondary N) is 1. The van der Waals surface area contributed by atoms with Crippen LogP contribution in [0.1, 0.15) is 42.4 Å². The summed E-state index contributed by atoms with van der Waals surface area (Å²) < 4.78 is 14.7. The van der Waals surface area contributed by atoms with Crippen molar-refractivity contribution < 1.29 is 9.18 Å². The summed E-state index contributed by atoms with van der Waals surface area (Å²) in [6, 6.07) is 8.59. The number of nitrogens with zero attached hydrogens (tertiary/aromatic N) is 4. The lowest BCUT2D eigenvalue weighted by molar-refractivity contribution is 0.0940. The Labute approximate surface area is 166 Å². The molecule has 0 saturated carbocycles. The molecule has 0 bridgehead atoms. The van der Waals surface area contributed by atoms with Gasteiger partial charge in [0.15, 0.2) is 5.78 Å². The summed E-state index contributed by atoms with van der Waals surface area (Å²) in [6.45, 7) is 4.25. The molecule has 0 saturated heterocycles. The van der Waals surface area contributed by atoms with Crippen LogP contribution in [0.25, 0.3) is 11.4 Å². The molecule has 7 nitrogen and oxygen atoms in total. The fourth-order valence-electron chi connectivity index (χ4n) is 3.54. The number of hydrogen-bond acceptors (Lipinski definition) is 6. The van der Waals surface area contributed by atoms with Crippen molar-refractivity contribution in [3.05, 3.63) is 76.5 Å². The maximum Gasteiger partial charge on any atom is 0.255 e. The highest BCUT2D eigenvalue weighted by Gasteiger charge is 2.39. The molecule has 1 N–H and O–H groups in total. The standard InChI is InChI=1S/C21H20FN5O2/c1-21(2)15(9-18(28)13-3-5-14(22)6-4-13)20-26-17(16-7-8-23-11-24-16)10-19(29)27(20)12-25-21/h3-8,10-11,15,25H,9,12H2,1-2H3. The van der Waals surface area contributed by atoms with Gasteiger partial charge in [-0.05, 0) is 44.2 Å². The van der Waals surface area contributed by atoms with E-state index >= 15 is 0 Å². The minimum absolute atomic E-state index is 0.130. The monoisotopic (exact) mass is 393 g/mol. The van der Waals surface area contributed by atoms with Crippen LogP contribution in [0.15, 0.2) is 53.7 Å². The third-order valence-electron chi connectivity index (χ3n) is 5.31. The van der Waals surface area contributed by atoms with E-state index in [9.17, 15) is 14.0 Å². The minimum Gasteiger partial charge on any atom is -0.294 e. The molecule has 3 heterocycles. The van der Waals surface area contributed by atoms with Crippen molar-refractivity contribution >= 4 is 5.78 Å². The molecule has 1 aliphatic rings. The maximum atomic E-state index is 13.2. The number of carbonyl (C=O) groups is 1. The molecule has 0 fully saturated rings. The molecule has 1 aromatic carbocycles. The lowest BCUT2D eigenvalue weighted by atomic mass is 9.80. The predicted molar refractivity (Wildman–Crippen MR) is 105 cm³/mol. The van der Waals surface area contributed by atoms with E-state index in [-0.39, 0.29) is 23.7 Å². The van der Waals surface area contributed by atoms with E-state index in [0.717, 1.165) is 0 Å². The SMILES string of the molecule is CC1(C)NCn2c(nc(-c3ccncn3)cc2=O)C1CC(=O)c1ccc(F)cc1. The summed E-state index contributed by atoms with van der Waals surface area (Å²) in [6.07, 6.45) is 3.11. The van der Waals surface area contributed by atoms with Crippen molar-refractivity contribution in [3.8, 4) is 11.4 Å². The molecule has 1 unspecified atom stereocenters. The number of rotatable bonds is 4. The van der Waals surface area contributed by atoms with Crippen LogP contribution in [0.2, 0.25) is 0 Å². The van der Waals surface area contributed by atoms with Gasteiger partial charge in [-0.15, -0.1) is 0 Å². The van der Waals surface area contributed by atoms with E-state index in [1.807, 2.05) is 13.8 Å². The second kappa shape index (κ2) is 7.29. The number of benzene rings is 1. The second-order valence-corrected chi connectivity index (χ2v) is 7.60. The van der Waals surface area contributed by atoms with Gasteiger partial charge in [0.2, 0.25) is 0 Å². The molecule has 3 aromatic rings. The third-order valence-corrected chi connectivity index (χ3v) is 5.31. The Morgan fingerprint density at radius 3 is 2.69 bits per heavy atom. The van der Waals surface area contributed by atoms with E-state index in [1.165, 1.54) is 36.7 Å². The zero-order valence-corrected chi connectivity index (χ0v) is 16.1. The number of hydrogen-bond donors (Lipinski definition) is 1. The number of fused-ring (bicyclic) bond motifs is 1. The maximum absolute atomic E-state index is 13.2. The molecule has 8 heteroatoms. The van der Waals surface area contributed by atoms with Gasteiger partial charge >= 0.3 is 0 Å². The van der Waals surface area contributed by atoms with E-state index in [4.69, 9.17) is 4.98 Å². The Hall–Kier alpha value is -3.26. The van der Waals surface area contributed by atoms with E-state index in [0.29, 0.717) is 29.4 Å². The number of halogens is 1. The van der Waals surface area contributed by atoms with Gasteiger partial charge in [0.05, 0.1) is 18.1 Å². The molecule has 148 valence electrons. The summed E-state index contributed by atoms with van der Waals surface area (Å²) in [5.74, 6) is -0.358. The molecular formula is C21H20FN5O2. The molecule has 1 atom stereocenters. The van der Waals surface area contributed by atoms with Crippen molar-refractivity contribution in [2.24, 2.45) is 0 Å². The zero-order chi connectivity index (χ0) is 20.6. The highest BCUT2D eigenvalue weighted by molar-refractivity contribution is 5.96. The Balaban J connectivity index is 1.76. The van der Waals surface area contributed by atoms with E-state index < -0.39 is 11.4 Å². The Bertz CT molecular complexity index is 1110.